The number of pyridine rings is 1. The van der Waals surface area contributed by atoms with Crippen molar-refractivity contribution in [1.82, 2.24) is 19.4 Å². The summed E-state index contributed by atoms with van der Waals surface area (Å²) < 4.78 is 30.8. The Morgan fingerprint density at radius 3 is 2.68 bits per heavy atom. The number of nitrogens with one attached hydrogen (secondary N) is 1. The van der Waals surface area contributed by atoms with Gasteiger partial charge in [-0.3, -0.25) is 9.36 Å². The average molecular weight is 473 g/mol. The van der Waals surface area contributed by atoms with Crippen LogP contribution in [0.4, 0.5) is 5.69 Å². The number of rotatable bonds is 3. The standard InChI is InChI=1S/C24H20N6O3S/c31-24(20-9-5-13-29(20)23-17-6-1-4-10-21(17)34(32,33)28-23)27-16-11-12-22(25-14-16)30-15-26-18-7-2-3-8-19(18)30/h1-4,6-8,10-12,14-15,20H,5,9,13H2,(H,27,31)/t20-/m0/s1. The van der Waals surface area contributed by atoms with E-state index in [1.54, 1.807) is 47.8 Å². The van der Waals surface area contributed by atoms with Crippen LogP contribution >= 0.6 is 0 Å². The molecule has 1 fully saturated rings. The molecule has 6 rings (SSSR count). The van der Waals surface area contributed by atoms with E-state index >= 15 is 0 Å². The number of nitrogens with zero attached hydrogens (tertiary/aromatic N) is 5. The smallest absolute Gasteiger partial charge is 0.285 e. The lowest BCUT2D eigenvalue weighted by molar-refractivity contribution is -0.119. The topological polar surface area (TPSA) is 110 Å². The molecule has 0 bridgehead atoms. The summed E-state index contributed by atoms with van der Waals surface area (Å²) in [5.74, 6) is 0.814. The minimum absolute atomic E-state index is 0.183. The van der Waals surface area contributed by atoms with Crippen LogP contribution in [-0.4, -0.2) is 52.2 Å². The van der Waals surface area contributed by atoms with Crippen LogP contribution in [0.1, 0.15) is 18.4 Å². The van der Waals surface area contributed by atoms with Crippen LogP contribution in [0.3, 0.4) is 0 Å². The van der Waals surface area contributed by atoms with Gasteiger partial charge in [-0.1, -0.05) is 24.3 Å². The van der Waals surface area contributed by atoms with Crippen LogP contribution in [0, 0.1) is 0 Å². The van der Waals surface area contributed by atoms with Crippen molar-refractivity contribution in [3.63, 3.8) is 0 Å². The molecule has 0 spiro atoms. The first-order chi connectivity index (χ1) is 16.5. The normalized spacial score (nSPS) is 18.6. The zero-order valence-corrected chi connectivity index (χ0v) is 18.8. The molecule has 34 heavy (non-hydrogen) atoms. The fourth-order valence-electron chi connectivity index (χ4n) is 4.56. The second-order valence-corrected chi connectivity index (χ2v) is 9.81. The maximum atomic E-state index is 13.1. The number of sulfonamides is 1. The maximum Gasteiger partial charge on any atom is 0.285 e. The minimum Gasteiger partial charge on any atom is -0.343 e. The van der Waals surface area contributed by atoms with Gasteiger partial charge in [-0.15, -0.1) is 4.40 Å². The summed E-state index contributed by atoms with van der Waals surface area (Å²) in [5.41, 5.74) is 2.93. The highest BCUT2D eigenvalue weighted by Gasteiger charge is 2.39. The molecule has 170 valence electrons. The maximum absolute atomic E-state index is 13.1. The highest BCUT2D eigenvalue weighted by atomic mass is 32.2. The molecule has 2 aromatic heterocycles. The highest BCUT2D eigenvalue weighted by Crippen LogP contribution is 2.31. The molecule has 1 atom stereocenters. The van der Waals surface area contributed by atoms with Crippen molar-refractivity contribution in [2.45, 2.75) is 23.8 Å². The van der Waals surface area contributed by atoms with Gasteiger partial charge < -0.3 is 10.2 Å². The average Bonchev–Trinajstić information content (AvgIpc) is 3.56. The van der Waals surface area contributed by atoms with E-state index in [1.165, 1.54) is 0 Å². The number of fused-ring (bicyclic) bond motifs is 2. The largest absolute Gasteiger partial charge is 0.343 e. The number of para-hydroxylation sites is 2. The first-order valence-electron chi connectivity index (χ1n) is 10.9. The van der Waals surface area contributed by atoms with Gasteiger partial charge >= 0.3 is 0 Å². The Kier molecular flexibility index (Phi) is 4.70. The predicted molar refractivity (Wildman–Crippen MR) is 127 cm³/mol. The summed E-state index contributed by atoms with van der Waals surface area (Å²) in [4.78, 5) is 24.0. The molecule has 0 unspecified atom stereocenters. The number of carbonyl (C=O) groups is 1. The fraction of sp³-hybridized carbons (Fsp3) is 0.167. The number of anilines is 1. The molecule has 0 aliphatic carbocycles. The minimum atomic E-state index is -3.75. The molecule has 9 nitrogen and oxygen atoms in total. The van der Waals surface area contributed by atoms with E-state index in [0.717, 1.165) is 17.5 Å². The highest BCUT2D eigenvalue weighted by molar-refractivity contribution is 7.90. The van der Waals surface area contributed by atoms with Gasteiger partial charge in [0.1, 0.15) is 23.1 Å². The Morgan fingerprint density at radius 1 is 1.00 bits per heavy atom. The lowest BCUT2D eigenvalue weighted by atomic mass is 10.1. The predicted octanol–water partition coefficient (Wildman–Crippen LogP) is 2.97. The van der Waals surface area contributed by atoms with E-state index in [0.29, 0.717) is 35.9 Å². The van der Waals surface area contributed by atoms with Crippen LogP contribution in [-0.2, 0) is 14.8 Å². The van der Waals surface area contributed by atoms with Gasteiger partial charge in [0, 0.05) is 12.1 Å². The first kappa shape index (κ1) is 20.5. The number of imidazole rings is 1. The van der Waals surface area contributed by atoms with Crippen LogP contribution in [0.2, 0.25) is 0 Å². The molecule has 2 aromatic carbocycles. The molecule has 2 aliphatic rings. The Balaban J connectivity index is 1.22. The number of carbonyl (C=O) groups excluding carboxylic acids is 1. The third-order valence-electron chi connectivity index (χ3n) is 6.16. The molecule has 0 radical (unpaired) electrons. The molecule has 10 heteroatoms. The van der Waals surface area contributed by atoms with E-state index in [9.17, 15) is 13.2 Å². The molecule has 4 aromatic rings. The lowest BCUT2D eigenvalue weighted by Crippen LogP contribution is -2.43. The summed E-state index contributed by atoms with van der Waals surface area (Å²) in [6, 6.07) is 17.6. The molecular weight excluding hydrogens is 452 g/mol. The van der Waals surface area contributed by atoms with E-state index in [2.05, 4.69) is 19.7 Å². The van der Waals surface area contributed by atoms with Crippen molar-refractivity contribution >= 4 is 38.5 Å². The molecule has 1 amide bonds. The fourth-order valence-corrected chi connectivity index (χ4v) is 5.78. The summed E-state index contributed by atoms with van der Waals surface area (Å²) in [6.45, 7) is 0.561. The number of amides is 1. The molecule has 0 saturated carbocycles. The molecule has 1 saturated heterocycles. The Labute approximate surface area is 195 Å². The second kappa shape index (κ2) is 7.77. The van der Waals surface area contributed by atoms with Crippen LogP contribution < -0.4 is 5.32 Å². The van der Waals surface area contributed by atoms with Gasteiger partial charge in [0.2, 0.25) is 5.91 Å². The van der Waals surface area contributed by atoms with Crippen LogP contribution in [0.25, 0.3) is 16.9 Å². The van der Waals surface area contributed by atoms with Crippen LogP contribution in [0.5, 0.6) is 0 Å². The molecule has 2 aliphatic heterocycles. The zero-order valence-electron chi connectivity index (χ0n) is 18.0. The van der Waals surface area contributed by atoms with Gasteiger partial charge in [0.25, 0.3) is 10.0 Å². The first-order valence-corrected chi connectivity index (χ1v) is 12.4. The van der Waals surface area contributed by atoms with Crippen LogP contribution in [0.15, 0.2) is 82.5 Å². The quantitative estimate of drug-likeness (QED) is 0.491. The van der Waals surface area contributed by atoms with Gasteiger partial charge in [-0.05, 0) is 49.2 Å². The number of likely N-dealkylation sites (tertiary alicyclic amines) is 1. The van der Waals surface area contributed by atoms with Crippen molar-refractivity contribution in [3.8, 4) is 5.82 Å². The summed E-state index contributed by atoms with van der Waals surface area (Å²) in [5, 5.41) is 2.92. The second-order valence-electron chi connectivity index (χ2n) is 8.24. The van der Waals surface area contributed by atoms with Gasteiger partial charge in [0.15, 0.2) is 5.84 Å². The summed E-state index contributed by atoms with van der Waals surface area (Å²) in [6.07, 6.45) is 4.70. The summed E-state index contributed by atoms with van der Waals surface area (Å²) in [7, 11) is -3.75. The third-order valence-corrected chi connectivity index (χ3v) is 7.48. The Bertz CT molecular complexity index is 1560. The number of hydrogen-bond donors (Lipinski definition) is 1. The molecule has 4 heterocycles. The van der Waals surface area contributed by atoms with Gasteiger partial charge in [0.05, 0.1) is 22.9 Å². The van der Waals surface area contributed by atoms with E-state index < -0.39 is 16.1 Å². The monoisotopic (exact) mass is 472 g/mol. The van der Waals surface area contributed by atoms with Crippen molar-refractivity contribution in [2.24, 2.45) is 4.40 Å². The number of amidine groups is 1. The number of aromatic nitrogens is 3. The van der Waals surface area contributed by atoms with Crippen molar-refractivity contribution in [1.29, 1.82) is 0 Å². The summed E-state index contributed by atoms with van der Waals surface area (Å²) >= 11 is 0. The molecule has 1 N–H and O–H groups in total. The Hall–Kier alpha value is -4.05. The van der Waals surface area contributed by atoms with E-state index in [-0.39, 0.29) is 10.8 Å². The van der Waals surface area contributed by atoms with Crippen molar-refractivity contribution in [2.75, 3.05) is 11.9 Å². The Morgan fingerprint density at radius 2 is 1.82 bits per heavy atom. The SMILES string of the molecule is O=C(Nc1ccc(-n2cnc3ccccc32)nc1)[C@@H]1CCCN1C1=NS(=O)(=O)c2ccccc21. The molecular formula is C24H20N6O3S. The van der Waals surface area contributed by atoms with E-state index in [4.69, 9.17) is 0 Å². The van der Waals surface area contributed by atoms with Crippen molar-refractivity contribution < 1.29 is 13.2 Å². The van der Waals surface area contributed by atoms with E-state index in [1.807, 2.05) is 34.9 Å². The number of hydrogen-bond acceptors (Lipinski definition) is 6. The number of benzene rings is 2. The lowest BCUT2D eigenvalue weighted by Gasteiger charge is -2.25. The third kappa shape index (κ3) is 3.34. The van der Waals surface area contributed by atoms with Gasteiger partial charge in [-0.25, -0.2) is 9.97 Å². The van der Waals surface area contributed by atoms with Gasteiger partial charge in [-0.2, -0.15) is 8.42 Å². The zero-order chi connectivity index (χ0) is 23.3. The van der Waals surface area contributed by atoms with Crippen molar-refractivity contribution in [3.05, 3.63) is 78.8 Å².